The number of methoxy groups -OCH3 is 2. The van der Waals surface area contributed by atoms with E-state index in [2.05, 4.69) is 19.8 Å². The monoisotopic (exact) mass is 423 g/mol. The van der Waals surface area contributed by atoms with Crippen molar-refractivity contribution in [3.8, 4) is 17.1 Å². The molecular weight excluding hydrogens is 398 g/mol. The average molecular weight is 424 g/mol. The van der Waals surface area contributed by atoms with E-state index in [0.717, 1.165) is 21.8 Å². The number of hydrogen-bond donors (Lipinski definition) is 1. The number of hydrogen-bond acceptors (Lipinski definition) is 9. The quantitative estimate of drug-likeness (QED) is 0.560. The fraction of sp³-hybridized carbons (Fsp3) is 0.444. The highest BCUT2D eigenvalue weighted by Gasteiger charge is 2.33. The molecule has 0 radical (unpaired) electrons. The Hall–Kier alpha value is -2.17. The molecule has 2 rings (SSSR count). The second-order valence-electron chi connectivity index (χ2n) is 6.37. The molecule has 0 bridgehead atoms. The minimum atomic E-state index is -0.901. The molecule has 8 nitrogen and oxygen atoms in total. The number of esters is 1. The fourth-order valence-electron chi connectivity index (χ4n) is 2.57. The molecule has 0 amide bonds. The van der Waals surface area contributed by atoms with Gasteiger partial charge in [-0.15, -0.1) is 11.3 Å². The average Bonchev–Trinajstić information content (AvgIpc) is 2.65. The van der Waals surface area contributed by atoms with E-state index in [1.54, 1.807) is 37.3 Å². The van der Waals surface area contributed by atoms with Crippen molar-refractivity contribution < 1.29 is 14.3 Å². The van der Waals surface area contributed by atoms with Crippen LogP contribution in [0.3, 0.4) is 0 Å². The number of aryl methyl sites for hydroxylation is 2. The summed E-state index contributed by atoms with van der Waals surface area (Å²) in [6.45, 7) is 5.46. The molecule has 0 spiro atoms. The zero-order valence-electron chi connectivity index (χ0n) is 17.1. The van der Waals surface area contributed by atoms with Crippen LogP contribution in [0.1, 0.15) is 24.5 Å². The highest BCUT2D eigenvalue weighted by molar-refractivity contribution is 7.97. The van der Waals surface area contributed by atoms with Crippen LogP contribution in [0.4, 0.5) is 0 Å². The van der Waals surface area contributed by atoms with Gasteiger partial charge >= 0.3 is 5.97 Å². The number of ether oxygens (including phenoxy) is 2. The maximum atomic E-state index is 12.2. The Morgan fingerprint density at radius 3 is 2.64 bits per heavy atom. The molecule has 2 aromatic heterocycles. The molecule has 0 aliphatic heterocycles. The van der Waals surface area contributed by atoms with Crippen molar-refractivity contribution in [1.29, 1.82) is 0 Å². The van der Waals surface area contributed by atoms with Crippen LogP contribution in [-0.2, 0) is 22.0 Å². The molecule has 2 aromatic rings. The van der Waals surface area contributed by atoms with E-state index >= 15 is 0 Å². The van der Waals surface area contributed by atoms with E-state index in [1.807, 2.05) is 27.1 Å². The van der Waals surface area contributed by atoms with Crippen molar-refractivity contribution >= 4 is 29.3 Å². The van der Waals surface area contributed by atoms with E-state index in [9.17, 15) is 4.79 Å². The van der Waals surface area contributed by atoms with Gasteiger partial charge in [0.2, 0.25) is 5.88 Å². The lowest BCUT2D eigenvalue weighted by Crippen LogP contribution is -2.31. The maximum Gasteiger partial charge on any atom is 0.318 e. The molecule has 0 aliphatic carbocycles. The first-order valence-electron chi connectivity index (χ1n) is 8.45. The Morgan fingerprint density at radius 1 is 1.32 bits per heavy atom. The molecule has 152 valence electrons. The molecule has 1 N–H and O–H groups in total. The zero-order chi connectivity index (χ0) is 20.9. The van der Waals surface area contributed by atoms with Crippen molar-refractivity contribution in [2.24, 2.45) is 7.05 Å². The van der Waals surface area contributed by atoms with Crippen LogP contribution in [-0.4, -0.2) is 47.0 Å². The maximum absolute atomic E-state index is 12.2. The lowest BCUT2D eigenvalue weighted by molar-refractivity contribution is -0.146. The normalized spacial score (nSPS) is 11.1. The van der Waals surface area contributed by atoms with E-state index in [0.29, 0.717) is 10.9 Å². The second-order valence-corrected chi connectivity index (χ2v) is 8.25. The number of aromatic nitrogens is 4. The Balaban J connectivity index is 2.70. The first-order valence-corrected chi connectivity index (χ1v) is 10.1. The molecule has 0 aliphatic rings. The van der Waals surface area contributed by atoms with Gasteiger partial charge in [-0.3, -0.25) is 14.2 Å². The van der Waals surface area contributed by atoms with Crippen molar-refractivity contribution in [3.05, 3.63) is 28.5 Å². The van der Waals surface area contributed by atoms with Gasteiger partial charge in [0.25, 0.3) is 0 Å². The number of pyridine rings is 1. The summed E-state index contributed by atoms with van der Waals surface area (Å²) in [7, 11) is 6.61. The third-order valence-electron chi connectivity index (χ3n) is 4.05. The number of carbonyl (C=O) groups is 1. The molecule has 28 heavy (non-hydrogen) atoms. The number of nitrogens with zero attached hydrogens (tertiary/aromatic N) is 4. The molecule has 10 heteroatoms. The van der Waals surface area contributed by atoms with Crippen LogP contribution in [0.15, 0.2) is 22.7 Å². The summed E-state index contributed by atoms with van der Waals surface area (Å²) in [4.78, 5) is 22.0. The highest BCUT2D eigenvalue weighted by Crippen LogP contribution is 2.31. The molecule has 0 unspecified atom stereocenters. The summed E-state index contributed by atoms with van der Waals surface area (Å²) in [6, 6.07) is 1.97. The number of rotatable bonds is 6. The smallest absolute Gasteiger partial charge is 0.318 e. The molecule has 0 saturated heterocycles. The Bertz CT molecular complexity index is 907. The number of carbonyl (C=O) groups excluding carboxylic acids is 1. The Labute approximate surface area is 173 Å². The predicted octanol–water partition coefficient (Wildman–Crippen LogP) is 3.06. The van der Waals surface area contributed by atoms with E-state index in [-0.39, 0.29) is 5.97 Å². The summed E-state index contributed by atoms with van der Waals surface area (Å²) in [5, 5.41) is 5.27. The van der Waals surface area contributed by atoms with Crippen LogP contribution in [0.25, 0.3) is 11.3 Å². The van der Waals surface area contributed by atoms with E-state index < -0.39 is 5.41 Å². The zero-order valence-corrected chi connectivity index (χ0v) is 18.7. The van der Waals surface area contributed by atoms with Crippen molar-refractivity contribution in [2.45, 2.75) is 31.1 Å². The van der Waals surface area contributed by atoms with Gasteiger partial charge in [-0.25, -0.2) is 9.97 Å². The topological polar surface area (TPSA) is 91.2 Å². The van der Waals surface area contributed by atoms with Crippen molar-refractivity contribution in [2.75, 3.05) is 21.3 Å². The molecule has 0 atom stereocenters. The standard InChI is InChI=1S/C18H25N5O3S2/c1-11-14(12-8-13(28-19-4)15(25-6)20-9-12)23(5)22-16(27-10-21-11)18(2,3)17(24)26-7/h8-10,19H,1-7H3. The van der Waals surface area contributed by atoms with Gasteiger partial charge in [-0.05, 0) is 45.8 Å². The third-order valence-corrected chi connectivity index (χ3v) is 5.79. The van der Waals surface area contributed by atoms with Gasteiger partial charge in [0.1, 0.15) is 10.4 Å². The predicted molar refractivity (Wildman–Crippen MR) is 111 cm³/mol. The summed E-state index contributed by atoms with van der Waals surface area (Å²) in [6.07, 6.45) is 1.72. The van der Waals surface area contributed by atoms with Gasteiger partial charge in [0, 0.05) is 18.8 Å². The fourth-order valence-corrected chi connectivity index (χ4v) is 4.06. The second kappa shape index (κ2) is 9.35. The summed E-state index contributed by atoms with van der Waals surface area (Å²) < 4.78 is 15.0. The summed E-state index contributed by atoms with van der Waals surface area (Å²) in [5.41, 5.74) is 3.18. The lowest BCUT2D eigenvalue weighted by atomic mass is 9.95. The van der Waals surface area contributed by atoms with Gasteiger partial charge in [0.15, 0.2) is 0 Å². The first kappa shape index (κ1) is 22.1. The molecule has 0 saturated carbocycles. The molecule has 0 fully saturated rings. The van der Waals surface area contributed by atoms with Crippen LogP contribution in [0.5, 0.6) is 5.88 Å². The summed E-state index contributed by atoms with van der Waals surface area (Å²) >= 11 is 2.71. The molecular formula is C18H25N5O3S2. The summed E-state index contributed by atoms with van der Waals surface area (Å²) in [5.74, 6) is 0.173. The minimum absolute atomic E-state index is 0.359. The Kier molecular flexibility index (Phi) is 7.39. The largest absolute Gasteiger partial charge is 0.480 e. The van der Waals surface area contributed by atoms with Crippen molar-refractivity contribution in [1.82, 2.24) is 24.5 Å². The Morgan fingerprint density at radius 2 is 2.04 bits per heavy atom. The van der Waals surface area contributed by atoms with E-state index in [4.69, 9.17) is 9.47 Å². The van der Waals surface area contributed by atoms with Gasteiger partial charge in [-0.1, -0.05) is 0 Å². The first-order chi connectivity index (χ1) is 13.3. The van der Waals surface area contributed by atoms with Gasteiger partial charge < -0.3 is 9.47 Å². The molecule has 2 heterocycles. The third kappa shape index (κ3) is 4.62. The van der Waals surface area contributed by atoms with Crippen LogP contribution < -0.4 is 9.46 Å². The number of nitrogens with one attached hydrogen (secondary N) is 1. The van der Waals surface area contributed by atoms with Gasteiger partial charge in [-0.2, -0.15) is 5.10 Å². The van der Waals surface area contributed by atoms with Crippen LogP contribution in [0, 0.1) is 6.92 Å². The molecule has 0 aromatic carbocycles. The SMILES string of the molecule is CNSc1cc(-c2c(C)ncsc(C(C)(C)C(=O)OC)nn2C)cnc1OC. The van der Waals surface area contributed by atoms with Crippen LogP contribution >= 0.6 is 23.3 Å². The minimum Gasteiger partial charge on any atom is -0.480 e. The van der Waals surface area contributed by atoms with Crippen molar-refractivity contribution in [3.63, 3.8) is 0 Å². The van der Waals surface area contributed by atoms with Crippen LogP contribution in [0.2, 0.25) is 0 Å². The lowest BCUT2D eigenvalue weighted by Gasteiger charge is -2.20. The van der Waals surface area contributed by atoms with E-state index in [1.165, 1.54) is 30.4 Å². The van der Waals surface area contributed by atoms with Gasteiger partial charge in [0.05, 0.1) is 36.0 Å². The highest BCUT2D eigenvalue weighted by atomic mass is 32.2.